The van der Waals surface area contributed by atoms with Crippen LogP contribution in [-0.2, 0) is 4.79 Å². The summed E-state index contributed by atoms with van der Waals surface area (Å²) >= 11 is 0. The molecule has 1 atom stereocenters. The molecule has 0 radical (unpaired) electrons. The van der Waals surface area contributed by atoms with E-state index in [1.165, 1.54) is 6.07 Å². The first-order valence-electron chi connectivity index (χ1n) is 8.39. The van der Waals surface area contributed by atoms with Crippen LogP contribution in [0.5, 0.6) is 0 Å². The number of halogens is 1. The van der Waals surface area contributed by atoms with E-state index in [1.807, 2.05) is 15.9 Å². The maximum absolute atomic E-state index is 13.8. The first-order valence-corrected chi connectivity index (χ1v) is 8.39. The normalized spacial score (nSPS) is 19.7. The number of hydrogen-bond donors (Lipinski definition) is 2. The Labute approximate surface area is 141 Å². The first-order chi connectivity index (χ1) is 11.5. The van der Waals surface area contributed by atoms with Crippen LogP contribution in [0.3, 0.4) is 0 Å². The van der Waals surface area contributed by atoms with Gasteiger partial charge in [0.25, 0.3) is 0 Å². The molecule has 1 aromatic carbocycles. The monoisotopic (exact) mass is 334 g/mol. The van der Waals surface area contributed by atoms with Gasteiger partial charge in [-0.2, -0.15) is 0 Å². The molecule has 130 valence electrons. The summed E-state index contributed by atoms with van der Waals surface area (Å²) in [7, 11) is 0. The molecule has 7 heteroatoms. The maximum Gasteiger partial charge on any atom is 0.321 e. The van der Waals surface area contributed by atoms with Crippen molar-refractivity contribution in [3.05, 3.63) is 30.1 Å². The summed E-state index contributed by atoms with van der Waals surface area (Å²) in [5, 5.41) is 5.13. The lowest BCUT2D eigenvalue weighted by molar-refractivity contribution is -0.124. The van der Waals surface area contributed by atoms with E-state index in [0.717, 1.165) is 12.8 Å². The van der Waals surface area contributed by atoms with Gasteiger partial charge in [0.05, 0.1) is 11.7 Å². The quantitative estimate of drug-likeness (QED) is 0.872. The average molecular weight is 334 g/mol. The minimum atomic E-state index is -0.417. The van der Waals surface area contributed by atoms with Crippen LogP contribution in [0, 0.1) is 5.82 Å². The molecule has 1 saturated heterocycles. The number of amides is 3. The van der Waals surface area contributed by atoms with E-state index in [2.05, 4.69) is 10.6 Å². The molecule has 0 aromatic heterocycles. The second-order valence-electron chi connectivity index (χ2n) is 6.39. The Balaban J connectivity index is 1.49. The summed E-state index contributed by atoms with van der Waals surface area (Å²) in [6, 6.07) is 6.13. The highest BCUT2D eigenvalue weighted by Crippen LogP contribution is 2.21. The fourth-order valence-electron chi connectivity index (χ4n) is 2.89. The summed E-state index contributed by atoms with van der Waals surface area (Å²) in [5.41, 5.74) is 0.595. The molecule has 0 unspecified atom stereocenters. The van der Waals surface area contributed by atoms with Crippen LogP contribution < -0.4 is 15.5 Å². The summed E-state index contributed by atoms with van der Waals surface area (Å²) < 4.78 is 13.8. The highest BCUT2D eigenvalue weighted by atomic mass is 19.1. The van der Waals surface area contributed by atoms with Crippen molar-refractivity contribution in [1.82, 2.24) is 15.5 Å². The van der Waals surface area contributed by atoms with Gasteiger partial charge in [-0.25, -0.2) is 9.18 Å². The molecule has 2 N–H and O–H groups in total. The number of imide groups is 1. The van der Waals surface area contributed by atoms with Gasteiger partial charge in [-0.15, -0.1) is 0 Å². The molecule has 24 heavy (non-hydrogen) atoms. The van der Waals surface area contributed by atoms with Crippen LogP contribution in [-0.4, -0.2) is 55.1 Å². The third-order valence-corrected chi connectivity index (χ3v) is 4.58. The van der Waals surface area contributed by atoms with Gasteiger partial charge in [0.15, 0.2) is 0 Å². The number of anilines is 1. The zero-order chi connectivity index (χ0) is 17.1. The fourth-order valence-corrected chi connectivity index (χ4v) is 2.89. The van der Waals surface area contributed by atoms with Gasteiger partial charge in [-0.3, -0.25) is 15.0 Å². The highest BCUT2D eigenvalue weighted by molar-refractivity contribution is 5.97. The van der Waals surface area contributed by atoms with Gasteiger partial charge < -0.3 is 10.2 Å². The summed E-state index contributed by atoms with van der Waals surface area (Å²) in [4.78, 5) is 27.8. The molecule has 1 saturated carbocycles. The van der Waals surface area contributed by atoms with Crippen molar-refractivity contribution in [1.29, 1.82) is 0 Å². The molecule has 1 aliphatic heterocycles. The lowest BCUT2D eigenvalue weighted by Gasteiger charge is -2.38. The number of carbonyl (C=O) groups excluding carboxylic acids is 2. The molecule has 1 heterocycles. The average Bonchev–Trinajstić information content (AvgIpc) is 3.38. The molecule has 3 amide bonds. The van der Waals surface area contributed by atoms with Gasteiger partial charge in [0, 0.05) is 32.2 Å². The van der Waals surface area contributed by atoms with E-state index in [-0.39, 0.29) is 17.8 Å². The van der Waals surface area contributed by atoms with Crippen molar-refractivity contribution in [2.45, 2.75) is 31.8 Å². The van der Waals surface area contributed by atoms with Crippen LogP contribution in [0.25, 0.3) is 0 Å². The van der Waals surface area contributed by atoms with Crippen LogP contribution in [0.1, 0.15) is 19.8 Å². The smallest absolute Gasteiger partial charge is 0.321 e. The van der Waals surface area contributed by atoms with Gasteiger partial charge in [0.2, 0.25) is 5.91 Å². The molecular weight excluding hydrogens is 311 g/mol. The van der Waals surface area contributed by atoms with E-state index >= 15 is 0 Å². The summed E-state index contributed by atoms with van der Waals surface area (Å²) in [5.74, 6) is -0.527. The molecule has 1 aliphatic carbocycles. The van der Waals surface area contributed by atoms with E-state index in [4.69, 9.17) is 0 Å². The Hall–Kier alpha value is -2.15. The minimum Gasteiger partial charge on any atom is -0.367 e. The predicted molar refractivity (Wildman–Crippen MR) is 89.3 cm³/mol. The van der Waals surface area contributed by atoms with Crippen molar-refractivity contribution in [3.63, 3.8) is 0 Å². The van der Waals surface area contributed by atoms with Crippen molar-refractivity contribution in [3.8, 4) is 0 Å². The number of urea groups is 1. The summed E-state index contributed by atoms with van der Waals surface area (Å²) in [6.07, 6.45) is 1.96. The molecule has 2 aliphatic rings. The Morgan fingerprint density at radius 1 is 1.17 bits per heavy atom. The molecule has 0 bridgehead atoms. The number of nitrogens with one attached hydrogen (secondary N) is 2. The Kier molecular flexibility index (Phi) is 4.99. The predicted octanol–water partition coefficient (Wildman–Crippen LogP) is 1.32. The number of carbonyl (C=O) groups is 2. The molecular formula is C17H23FN4O2. The van der Waals surface area contributed by atoms with Gasteiger partial charge in [-0.1, -0.05) is 12.1 Å². The Morgan fingerprint density at radius 3 is 2.46 bits per heavy atom. The number of nitrogens with zero attached hydrogens (tertiary/aromatic N) is 2. The number of rotatable bonds is 4. The first kappa shape index (κ1) is 16.7. The Morgan fingerprint density at radius 2 is 1.83 bits per heavy atom. The van der Waals surface area contributed by atoms with Gasteiger partial charge in [-0.05, 0) is 31.9 Å². The standard InChI is InChI=1S/C17H23FN4O2/c1-12(16(23)20-17(24)19-13-6-7-13)21-8-10-22(11-9-21)15-5-3-2-4-14(15)18/h2-5,12-13H,6-11H2,1H3,(H2,19,20,23,24)/t12-/m1/s1. The molecule has 0 spiro atoms. The van der Waals surface area contributed by atoms with Crippen molar-refractivity contribution < 1.29 is 14.0 Å². The third-order valence-electron chi connectivity index (χ3n) is 4.58. The SMILES string of the molecule is C[C@H](C(=O)NC(=O)NC1CC1)N1CCN(c2ccccc2F)CC1. The van der Waals surface area contributed by atoms with E-state index < -0.39 is 12.1 Å². The van der Waals surface area contributed by atoms with Crippen LogP contribution in [0.2, 0.25) is 0 Å². The van der Waals surface area contributed by atoms with Crippen LogP contribution in [0.15, 0.2) is 24.3 Å². The second-order valence-corrected chi connectivity index (χ2v) is 6.39. The lowest BCUT2D eigenvalue weighted by atomic mass is 10.2. The van der Waals surface area contributed by atoms with E-state index in [1.54, 1.807) is 19.1 Å². The lowest BCUT2D eigenvalue weighted by Crippen LogP contribution is -2.55. The minimum absolute atomic E-state index is 0.220. The number of para-hydroxylation sites is 1. The fraction of sp³-hybridized carbons (Fsp3) is 0.529. The van der Waals surface area contributed by atoms with Gasteiger partial charge in [0.1, 0.15) is 5.82 Å². The second kappa shape index (κ2) is 7.17. The zero-order valence-electron chi connectivity index (χ0n) is 13.8. The Bertz CT molecular complexity index is 612. The summed E-state index contributed by atoms with van der Waals surface area (Å²) in [6.45, 7) is 4.37. The highest BCUT2D eigenvalue weighted by Gasteiger charge is 2.29. The van der Waals surface area contributed by atoms with E-state index in [9.17, 15) is 14.0 Å². The van der Waals surface area contributed by atoms with Crippen molar-refractivity contribution in [2.24, 2.45) is 0 Å². The molecule has 3 rings (SSSR count). The topological polar surface area (TPSA) is 64.7 Å². The number of benzene rings is 1. The zero-order valence-corrected chi connectivity index (χ0v) is 13.8. The van der Waals surface area contributed by atoms with Gasteiger partial charge >= 0.3 is 6.03 Å². The number of hydrogen-bond acceptors (Lipinski definition) is 4. The maximum atomic E-state index is 13.8. The van der Waals surface area contributed by atoms with Crippen molar-refractivity contribution >= 4 is 17.6 Å². The molecule has 1 aromatic rings. The third kappa shape index (κ3) is 4.03. The van der Waals surface area contributed by atoms with Crippen LogP contribution >= 0.6 is 0 Å². The molecule has 2 fully saturated rings. The molecule has 6 nitrogen and oxygen atoms in total. The number of piperazine rings is 1. The van der Waals surface area contributed by atoms with E-state index in [0.29, 0.717) is 31.9 Å². The van der Waals surface area contributed by atoms with Crippen molar-refractivity contribution in [2.75, 3.05) is 31.1 Å². The largest absolute Gasteiger partial charge is 0.367 e. The van der Waals surface area contributed by atoms with Crippen LogP contribution in [0.4, 0.5) is 14.9 Å².